The van der Waals surface area contributed by atoms with Gasteiger partial charge in [0.2, 0.25) is 0 Å². The number of hydrogen-bond acceptors (Lipinski definition) is 5. The van der Waals surface area contributed by atoms with E-state index in [0.717, 1.165) is 11.3 Å². The molecule has 1 unspecified atom stereocenters. The van der Waals surface area contributed by atoms with E-state index in [1.54, 1.807) is 6.07 Å². The SMILES string of the molecule is CC(C)C(C)OC(=O)Cc1ccc(S(=O)(=O)Cl)s1. The summed E-state index contributed by atoms with van der Waals surface area (Å²) in [5, 5.41) is 0. The van der Waals surface area contributed by atoms with E-state index in [-0.39, 0.29) is 28.6 Å². The Kier molecular flexibility index (Phi) is 5.19. The number of carbonyl (C=O) groups is 1. The molecule has 1 aromatic rings. The van der Waals surface area contributed by atoms with Gasteiger partial charge in [0, 0.05) is 15.6 Å². The second-order valence-corrected chi connectivity index (χ2v) is 8.24. The Morgan fingerprint density at radius 3 is 2.44 bits per heavy atom. The first kappa shape index (κ1) is 15.5. The van der Waals surface area contributed by atoms with Crippen LogP contribution in [0.25, 0.3) is 0 Å². The van der Waals surface area contributed by atoms with E-state index >= 15 is 0 Å². The Balaban J connectivity index is 2.63. The predicted octanol–water partition coefficient (Wildman–Crippen LogP) is 2.81. The van der Waals surface area contributed by atoms with Crippen molar-refractivity contribution in [1.82, 2.24) is 0 Å². The number of halogens is 1. The van der Waals surface area contributed by atoms with Crippen molar-refractivity contribution in [1.29, 1.82) is 0 Å². The Morgan fingerprint density at radius 2 is 2.00 bits per heavy atom. The van der Waals surface area contributed by atoms with Crippen molar-refractivity contribution in [2.45, 2.75) is 37.5 Å². The van der Waals surface area contributed by atoms with Gasteiger partial charge in [0.1, 0.15) is 10.3 Å². The largest absolute Gasteiger partial charge is 0.462 e. The average Bonchev–Trinajstić information content (AvgIpc) is 2.64. The molecule has 4 nitrogen and oxygen atoms in total. The molecule has 0 bridgehead atoms. The van der Waals surface area contributed by atoms with Crippen LogP contribution in [0.5, 0.6) is 0 Å². The average molecular weight is 311 g/mol. The highest BCUT2D eigenvalue weighted by molar-refractivity contribution is 8.15. The molecule has 1 atom stereocenters. The lowest BCUT2D eigenvalue weighted by Gasteiger charge is -2.16. The highest BCUT2D eigenvalue weighted by atomic mass is 35.7. The third kappa shape index (κ3) is 4.59. The molecule has 0 N–H and O–H groups in total. The van der Waals surface area contributed by atoms with Crippen molar-refractivity contribution in [2.75, 3.05) is 0 Å². The van der Waals surface area contributed by atoms with Crippen LogP contribution in [0.1, 0.15) is 25.6 Å². The van der Waals surface area contributed by atoms with Gasteiger partial charge in [0.15, 0.2) is 0 Å². The van der Waals surface area contributed by atoms with Gasteiger partial charge in [-0.05, 0) is 25.0 Å². The molecule has 0 saturated heterocycles. The van der Waals surface area contributed by atoms with Crippen LogP contribution < -0.4 is 0 Å². The molecule has 18 heavy (non-hydrogen) atoms. The summed E-state index contributed by atoms with van der Waals surface area (Å²) < 4.78 is 27.4. The molecule has 1 rings (SSSR count). The van der Waals surface area contributed by atoms with E-state index in [0.29, 0.717) is 4.88 Å². The maximum absolute atomic E-state index is 11.6. The maximum atomic E-state index is 11.6. The monoisotopic (exact) mass is 310 g/mol. The summed E-state index contributed by atoms with van der Waals surface area (Å²) in [6.45, 7) is 5.74. The zero-order valence-electron chi connectivity index (χ0n) is 10.3. The fourth-order valence-corrected chi connectivity index (χ4v) is 3.22. The van der Waals surface area contributed by atoms with Crippen LogP contribution in [0.15, 0.2) is 16.3 Å². The smallest absolute Gasteiger partial charge is 0.311 e. The second-order valence-electron chi connectivity index (χ2n) is 4.27. The Labute approximate surface area is 115 Å². The zero-order valence-corrected chi connectivity index (χ0v) is 12.7. The highest BCUT2D eigenvalue weighted by Crippen LogP contribution is 2.25. The summed E-state index contributed by atoms with van der Waals surface area (Å²) in [5.74, 6) is -0.118. The molecule has 1 aromatic heterocycles. The normalized spacial score (nSPS) is 13.6. The molecule has 1 heterocycles. The van der Waals surface area contributed by atoms with Gasteiger partial charge >= 0.3 is 5.97 Å². The first-order valence-electron chi connectivity index (χ1n) is 5.43. The third-order valence-electron chi connectivity index (χ3n) is 2.45. The standard InChI is InChI=1S/C11H15ClO4S2/c1-7(2)8(3)16-10(13)6-9-4-5-11(17-9)18(12,14)15/h4-5,7-8H,6H2,1-3H3. The van der Waals surface area contributed by atoms with Gasteiger partial charge in [-0.3, -0.25) is 4.79 Å². The predicted molar refractivity (Wildman–Crippen MR) is 71.5 cm³/mol. The molecule has 0 spiro atoms. The molecule has 0 aliphatic heterocycles. The number of thiophene rings is 1. The minimum atomic E-state index is -3.72. The molecule has 0 aliphatic carbocycles. The van der Waals surface area contributed by atoms with Gasteiger partial charge in [-0.25, -0.2) is 8.42 Å². The molecule has 7 heteroatoms. The Morgan fingerprint density at radius 1 is 1.39 bits per heavy atom. The second kappa shape index (κ2) is 6.04. The van der Waals surface area contributed by atoms with E-state index in [4.69, 9.17) is 15.4 Å². The van der Waals surface area contributed by atoms with Crippen LogP contribution in [0.2, 0.25) is 0 Å². The first-order valence-corrected chi connectivity index (χ1v) is 8.55. The molecular weight excluding hydrogens is 296 g/mol. The van der Waals surface area contributed by atoms with Gasteiger partial charge < -0.3 is 4.74 Å². The van der Waals surface area contributed by atoms with Crippen molar-refractivity contribution in [3.05, 3.63) is 17.0 Å². The minimum Gasteiger partial charge on any atom is -0.462 e. The number of carbonyl (C=O) groups excluding carboxylic acids is 1. The molecule has 0 fully saturated rings. The number of hydrogen-bond donors (Lipinski definition) is 0. The van der Waals surface area contributed by atoms with Gasteiger partial charge in [0.05, 0.1) is 6.42 Å². The summed E-state index contributed by atoms with van der Waals surface area (Å²) in [6.07, 6.45) is -0.0950. The Hall–Kier alpha value is -0.590. The fourth-order valence-electron chi connectivity index (χ4n) is 1.11. The van der Waals surface area contributed by atoms with Crippen LogP contribution in [0.3, 0.4) is 0 Å². The van der Waals surface area contributed by atoms with E-state index in [9.17, 15) is 13.2 Å². The molecule has 0 aliphatic rings. The number of esters is 1. The molecule has 0 amide bonds. The summed E-state index contributed by atoms with van der Waals surface area (Å²) in [5.41, 5.74) is 0. The molecule has 102 valence electrons. The van der Waals surface area contributed by atoms with E-state index in [2.05, 4.69) is 0 Å². The van der Waals surface area contributed by atoms with E-state index < -0.39 is 9.05 Å². The van der Waals surface area contributed by atoms with Crippen molar-refractivity contribution < 1.29 is 17.9 Å². The minimum absolute atomic E-state index is 0.0453. The van der Waals surface area contributed by atoms with Crippen molar-refractivity contribution in [3.63, 3.8) is 0 Å². The summed E-state index contributed by atoms with van der Waals surface area (Å²) in [7, 11) is 1.49. The quantitative estimate of drug-likeness (QED) is 0.620. The molecular formula is C11H15ClO4S2. The lowest BCUT2D eigenvalue weighted by atomic mass is 10.1. The van der Waals surface area contributed by atoms with Crippen LogP contribution in [-0.2, 0) is 25.0 Å². The summed E-state index contributed by atoms with van der Waals surface area (Å²) >= 11 is 0.983. The van der Waals surface area contributed by atoms with Gasteiger partial charge in [-0.2, -0.15) is 0 Å². The summed E-state index contributed by atoms with van der Waals surface area (Å²) in [6, 6.07) is 2.96. The lowest BCUT2D eigenvalue weighted by molar-refractivity contribution is -0.149. The molecule has 0 radical (unpaired) electrons. The third-order valence-corrected chi connectivity index (χ3v) is 5.63. The van der Waals surface area contributed by atoms with Crippen LogP contribution in [0, 0.1) is 5.92 Å². The van der Waals surface area contributed by atoms with E-state index in [1.807, 2.05) is 20.8 Å². The topological polar surface area (TPSA) is 60.4 Å². The van der Waals surface area contributed by atoms with Gasteiger partial charge in [-0.1, -0.05) is 13.8 Å². The zero-order chi connectivity index (χ0) is 13.9. The van der Waals surface area contributed by atoms with Crippen LogP contribution in [0.4, 0.5) is 0 Å². The summed E-state index contributed by atoms with van der Waals surface area (Å²) in [4.78, 5) is 12.2. The van der Waals surface area contributed by atoms with Crippen molar-refractivity contribution >= 4 is 37.0 Å². The van der Waals surface area contributed by atoms with Gasteiger partial charge in [-0.15, -0.1) is 11.3 Å². The van der Waals surface area contributed by atoms with Crippen LogP contribution >= 0.6 is 22.0 Å². The lowest BCUT2D eigenvalue weighted by Crippen LogP contribution is -2.21. The maximum Gasteiger partial charge on any atom is 0.311 e. The number of rotatable bonds is 5. The first-order chi connectivity index (χ1) is 8.20. The molecule has 0 aromatic carbocycles. The van der Waals surface area contributed by atoms with Gasteiger partial charge in [0.25, 0.3) is 9.05 Å². The van der Waals surface area contributed by atoms with Crippen LogP contribution in [-0.4, -0.2) is 20.5 Å². The Bertz CT molecular complexity index is 519. The highest BCUT2D eigenvalue weighted by Gasteiger charge is 2.17. The van der Waals surface area contributed by atoms with Crippen molar-refractivity contribution in [3.8, 4) is 0 Å². The van der Waals surface area contributed by atoms with E-state index in [1.165, 1.54) is 6.07 Å². The van der Waals surface area contributed by atoms with Crippen molar-refractivity contribution in [2.24, 2.45) is 5.92 Å². The fraction of sp³-hybridized carbons (Fsp3) is 0.545. The molecule has 0 saturated carbocycles. The number of ether oxygens (including phenoxy) is 1.